The molecule has 0 aliphatic rings. The van der Waals surface area contributed by atoms with E-state index in [2.05, 4.69) is 24.3 Å². The van der Waals surface area contributed by atoms with Crippen LogP contribution in [0.15, 0.2) is 17.3 Å². The summed E-state index contributed by atoms with van der Waals surface area (Å²) in [5.41, 5.74) is 5.51. The van der Waals surface area contributed by atoms with Gasteiger partial charge in [-0.15, -0.1) is 11.3 Å². The van der Waals surface area contributed by atoms with Gasteiger partial charge in [0.15, 0.2) is 0 Å². The second kappa shape index (κ2) is 6.83. The van der Waals surface area contributed by atoms with Crippen molar-refractivity contribution in [2.24, 2.45) is 10.9 Å². The third kappa shape index (κ3) is 4.53. The monoisotopic (exact) mass is 275 g/mol. The van der Waals surface area contributed by atoms with Crippen LogP contribution in [0.25, 0.3) is 0 Å². The average molecular weight is 276 g/mol. The summed E-state index contributed by atoms with van der Waals surface area (Å²) >= 11 is 7.47. The Morgan fingerprint density at radius 3 is 2.82 bits per heavy atom. The minimum atomic E-state index is 0.196. The van der Waals surface area contributed by atoms with Crippen LogP contribution in [-0.4, -0.2) is 17.1 Å². The van der Waals surface area contributed by atoms with Gasteiger partial charge in [0.2, 0.25) is 0 Å². The van der Waals surface area contributed by atoms with E-state index in [1.165, 1.54) is 4.88 Å². The molecule has 2 unspecified atom stereocenters. The highest BCUT2D eigenvalue weighted by atomic mass is 35.5. The molecule has 4 nitrogen and oxygen atoms in total. The molecule has 96 valence electrons. The van der Waals surface area contributed by atoms with Crippen molar-refractivity contribution < 1.29 is 5.21 Å². The van der Waals surface area contributed by atoms with E-state index in [-0.39, 0.29) is 17.9 Å². The van der Waals surface area contributed by atoms with E-state index in [1.807, 2.05) is 12.1 Å². The van der Waals surface area contributed by atoms with E-state index in [0.29, 0.717) is 6.42 Å². The van der Waals surface area contributed by atoms with Gasteiger partial charge in [0.25, 0.3) is 0 Å². The molecule has 1 heterocycles. The molecule has 0 amide bonds. The fourth-order valence-corrected chi connectivity index (χ4v) is 2.68. The summed E-state index contributed by atoms with van der Waals surface area (Å²) in [6.45, 7) is 4.15. The number of nitrogens with zero attached hydrogens (tertiary/aromatic N) is 1. The molecule has 0 spiro atoms. The van der Waals surface area contributed by atoms with Crippen LogP contribution in [0, 0.1) is 0 Å². The summed E-state index contributed by atoms with van der Waals surface area (Å²) in [5, 5.41) is 15.0. The van der Waals surface area contributed by atoms with Crippen molar-refractivity contribution >= 4 is 28.8 Å². The number of rotatable bonds is 6. The van der Waals surface area contributed by atoms with Crippen molar-refractivity contribution in [3.05, 3.63) is 21.3 Å². The number of halogens is 1. The Bertz CT molecular complexity index is 381. The maximum Gasteiger partial charge on any atom is 0.140 e. The predicted molar refractivity (Wildman–Crippen MR) is 73.0 cm³/mol. The Labute approximate surface area is 110 Å². The third-order valence-electron chi connectivity index (χ3n) is 2.58. The van der Waals surface area contributed by atoms with Crippen LogP contribution >= 0.6 is 22.9 Å². The van der Waals surface area contributed by atoms with Gasteiger partial charge in [0.05, 0.1) is 4.34 Å². The van der Waals surface area contributed by atoms with E-state index < -0.39 is 0 Å². The first-order valence-electron chi connectivity index (χ1n) is 5.54. The largest absolute Gasteiger partial charge is 0.409 e. The van der Waals surface area contributed by atoms with Crippen LogP contribution in [0.3, 0.4) is 0 Å². The van der Waals surface area contributed by atoms with E-state index in [9.17, 15) is 0 Å². The lowest BCUT2D eigenvalue weighted by Crippen LogP contribution is -2.34. The molecule has 4 N–H and O–H groups in total. The molecule has 0 aliphatic heterocycles. The Morgan fingerprint density at radius 2 is 2.35 bits per heavy atom. The average Bonchev–Trinajstić information content (AvgIpc) is 2.74. The molecule has 1 aromatic heterocycles. The molecule has 1 rings (SSSR count). The van der Waals surface area contributed by atoms with Crippen molar-refractivity contribution in [1.29, 1.82) is 0 Å². The van der Waals surface area contributed by atoms with Gasteiger partial charge in [-0.05, 0) is 25.5 Å². The normalized spacial score (nSPS) is 15.8. The first-order valence-corrected chi connectivity index (χ1v) is 6.74. The van der Waals surface area contributed by atoms with Crippen LogP contribution < -0.4 is 11.1 Å². The number of hydrogen-bond donors (Lipinski definition) is 3. The molecule has 0 saturated heterocycles. The lowest BCUT2D eigenvalue weighted by molar-refractivity contribution is 0.315. The molecule has 0 aromatic carbocycles. The standard InChI is InChI=1S/C11H18ClN3OS/c1-3-8(6-11(13)15-16)14-7(2)9-4-5-10(12)17-9/h4-5,7-8,14,16H,3,6H2,1-2H3,(H2,13,15). The van der Waals surface area contributed by atoms with Crippen LogP contribution in [0.1, 0.15) is 37.6 Å². The molecule has 6 heteroatoms. The van der Waals surface area contributed by atoms with Gasteiger partial charge in [-0.2, -0.15) is 0 Å². The van der Waals surface area contributed by atoms with Gasteiger partial charge in [-0.25, -0.2) is 0 Å². The first kappa shape index (κ1) is 14.3. The van der Waals surface area contributed by atoms with Crippen LogP contribution in [0.2, 0.25) is 4.34 Å². The lowest BCUT2D eigenvalue weighted by Gasteiger charge is -2.21. The summed E-state index contributed by atoms with van der Waals surface area (Å²) in [6.07, 6.45) is 1.45. The maximum atomic E-state index is 8.55. The van der Waals surface area contributed by atoms with Gasteiger partial charge in [-0.1, -0.05) is 23.7 Å². The van der Waals surface area contributed by atoms with Gasteiger partial charge < -0.3 is 16.3 Å². The van der Waals surface area contributed by atoms with Crippen molar-refractivity contribution in [3.63, 3.8) is 0 Å². The second-order valence-electron chi connectivity index (χ2n) is 3.93. The van der Waals surface area contributed by atoms with Crippen molar-refractivity contribution in [2.75, 3.05) is 0 Å². The number of thiophene rings is 1. The number of nitrogens with one attached hydrogen (secondary N) is 1. The minimum absolute atomic E-state index is 0.196. The molecule has 17 heavy (non-hydrogen) atoms. The zero-order chi connectivity index (χ0) is 12.8. The summed E-state index contributed by atoms with van der Waals surface area (Å²) in [6, 6.07) is 4.32. The first-order chi connectivity index (χ1) is 8.06. The van der Waals surface area contributed by atoms with Gasteiger partial charge in [0.1, 0.15) is 5.84 Å². The van der Waals surface area contributed by atoms with Crippen LogP contribution in [0.5, 0.6) is 0 Å². The molecule has 0 bridgehead atoms. The highest BCUT2D eigenvalue weighted by molar-refractivity contribution is 7.16. The van der Waals surface area contributed by atoms with Crippen LogP contribution in [-0.2, 0) is 0 Å². The van der Waals surface area contributed by atoms with Crippen LogP contribution in [0.4, 0.5) is 0 Å². The van der Waals surface area contributed by atoms with Crippen molar-refractivity contribution in [3.8, 4) is 0 Å². The number of amidine groups is 1. The Hall–Kier alpha value is -0.780. The number of oxime groups is 1. The van der Waals surface area contributed by atoms with E-state index in [4.69, 9.17) is 22.5 Å². The quantitative estimate of drug-likeness (QED) is 0.323. The Kier molecular flexibility index (Phi) is 5.74. The minimum Gasteiger partial charge on any atom is -0.409 e. The zero-order valence-corrected chi connectivity index (χ0v) is 11.6. The summed E-state index contributed by atoms with van der Waals surface area (Å²) in [4.78, 5) is 1.19. The SMILES string of the molecule is CCC(C/C(N)=N/O)NC(C)c1ccc(Cl)s1. The molecular formula is C11H18ClN3OS. The third-order valence-corrected chi connectivity index (χ3v) is 4.00. The predicted octanol–water partition coefficient (Wildman–Crippen LogP) is 2.97. The molecule has 0 radical (unpaired) electrons. The highest BCUT2D eigenvalue weighted by Crippen LogP contribution is 2.27. The maximum absolute atomic E-state index is 8.55. The van der Waals surface area contributed by atoms with E-state index >= 15 is 0 Å². The van der Waals surface area contributed by atoms with E-state index in [0.717, 1.165) is 10.8 Å². The Balaban J connectivity index is 2.56. The van der Waals surface area contributed by atoms with E-state index in [1.54, 1.807) is 11.3 Å². The van der Waals surface area contributed by atoms with Gasteiger partial charge in [-0.3, -0.25) is 0 Å². The molecular weight excluding hydrogens is 258 g/mol. The molecule has 2 atom stereocenters. The smallest absolute Gasteiger partial charge is 0.140 e. The molecule has 1 aromatic rings. The van der Waals surface area contributed by atoms with Crippen molar-refractivity contribution in [1.82, 2.24) is 5.32 Å². The highest BCUT2D eigenvalue weighted by Gasteiger charge is 2.14. The topological polar surface area (TPSA) is 70.6 Å². The number of nitrogens with two attached hydrogens (primary N) is 1. The van der Waals surface area contributed by atoms with Gasteiger partial charge in [0, 0.05) is 23.4 Å². The summed E-state index contributed by atoms with van der Waals surface area (Å²) in [7, 11) is 0. The van der Waals surface area contributed by atoms with Gasteiger partial charge >= 0.3 is 0 Å². The second-order valence-corrected chi connectivity index (χ2v) is 5.68. The van der Waals surface area contributed by atoms with Crippen molar-refractivity contribution in [2.45, 2.75) is 38.8 Å². The molecule has 0 fully saturated rings. The fraction of sp³-hybridized carbons (Fsp3) is 0.545. The fourth-order valence-electron chi connectivity index (χ4n) is 1.61. The lowest BCUT2D eigenvalue weighted by atomic mass is 10.1. The number of hydrogen-bond acceptors (Lipinski definition) is 4. The zero-order valence-electron chi connectivity index (χ0n) is 9.98. The Morgan fingerprint density at radius 1 is 1.65 bits per heavy atom. The molecule has 0 aliphatic carbocycles. The summed E-state index contributed by atoms with van der Waals surface area (Å²) in [5.74, 6) is 0.251. The molecule has 0 saturated carbocycles. The summed E-state index contributed by atoms with van der Waals surface area (Å²) < 4.78 is 0.790.